The lowest BCUT2D eigenvalue weighted by Gasteiger charge is -2.69. The van der Waals surface area contributed by atoms with Crippen LogP contribution in [0.1, 0.15) is 118 Å². The van der Waals surface area contributed by atoms with Crippen LogP contribution in [0.15, 0.2) is 48.2 Å². The van der Waals surface area contributed by atoms with Crippen molar-refractivity contribution < 1.29 is 5.11 Å². The van der Waals surface area contributed by atoms with Gasteiger partial charge in [0.1, 0.15) is 0 Å². The Labute approximate surface area is 243 Å². The van der Waals surface area contributed by atoms with Gasteiger partial charge in [0, 0.05) is 11.6 Å². The number of para-hydroxylation sites is 1. The fourth-order valence-corrected chi connectivity index (χ4v) is 11.5. The van der Waals surface area contributed by atoms with Crippen LogP contribution in [0.4, 0.5) is 0 Å². The second-order valence-corrected chi connectivity index (χ2v) is 16.2. The monoisotopic (exact) mass is 542 g/mol. The molecule has 4 aliphatic rings. The number of fused-ring (bicyclic) bond motifs is 6. The van der Waals surface area contributed by atoms with E-state index in [0.29, 0.717) is 34.5 Å². The molecule has 1 aromatic carbocycles. The van der Waals surface area contributed by atoms with Crippen LogP contribution >= 0.6 is 0 Å². The van der Waals surface area contributed by atoms with E-state index in [0.717, 1.165) is 24.9 Å². The first kappa shape index (κ1) is 28.3. The lowest BCUT2D eigenvalue weighted by molar-refractivity contribution is -0.191. The minimum atomic E-state index is -0.577. The van der Waals surface area contributed by atoms with Gasteiger partial charge in [-0.25, -0.2) is 4.68 Å². The molecule has 1 aromatic heterocycles. The zero-order valence-corrected chi connectivity index (χ0v) is 26.6. The molecule has 6 rings (SSSR count). The fraction of sp³-hybridized carbons (Fsp3) is 0.703. The van der Waals surface area contributed by atoms with E-state index in [1.807, 2.05) is 0 Å². The normalized spacial score (nSPS) is 39.3. The minimum Gasteiger partial charge on any atom is -0.390 e. The Hall–Kier alpha value is -1.87. The van der Waals surface area contributed by atoms with Crippen LogP contribution < -0.4 is 0 Å². The standard InChI is InChI=1S/C37H54N2O/c1-25(2)13-12-20-37(8,40)29-18-21-35(6)28(29)16-17-31-34(5)23-26-24-39(27-14-10-9-11-15-27)38-32(26)33(3,4)30(34)19-22-36(31,35)7/h9-11,13-15,24,28-31,40H,12,16-23H2,1-8H3/t28-,29+,30+,31-,34+,35-,36-,37+/m1/s1. The van der Waals surface area contributed by atoms with E-state index in [4.69, 9.17) is 5.10 Å². The highest BCUT2D eigenvalue weighted by molar-refractivity contribution is 5.39. The Kier molecular flexibility index (Phi) is 6.58. The van der Waals surface area contributed by atoms with E-state index in [9.17, 15) is 5.11 Å². The second kappa shape index (κ2) is 9.32. The van der Waals surface area contributed by atoms with Gasteiger partial charge in [-0.2, -0.15) is 5.10 Å². The van der Waals surface area contributed by atoms with Crippen LogP contribution in [0.3, 0.4) is 0 Å². The van der Waals surface area contributed by atoms with Crippen molar-refractivity contribution in [2.45, 2.75) is 124 Å². The minimum absolute atomic E-state index is 0.0637. The predicted molar refractivity (Wildman–Crippen MR) is 166 cm³/mol. The first-order valence-corrected chi connectivity index (χ1v) is 16.2. The summed E-state index contributed by atoms with van der Waals surface area (Å²) in [5.74, 6) is 2.41. The van der Waals surface area contributed by atoms with E-state index >= 15 is 0 Å². The molecule has 0 spiro atoms. The highest BCUT2D eigenvalue weighted by Gasteiger charge is 2.69. The van der Waals surface area contributed by atoms with E-state index in [1.54, 1.807) is 0 Å². The highest BCUT2D eigenvalue weighted by atomic mass is 16.3. The maximum Gasteiger partial charge on any atom is 0.0720 e. The van der Waals surface area contributed by atoms with Crippen LogP contribution in [0.5, 0.6) is 0 Å². The summed E-state index contributed by atoms with van der Waals surface area (Å²) in [6.45, 7) is 19.5. The average Bonchev–Trinajstić information content (AvgIpc) is 3.47. The number of benzene rings is 1. The topological polar surface area (TPSA) is 38.0 Å². The maximum atomic E-state index is 11.8. The molecule has 8 atom stereocenters. The number of hydrogen-bond acceptors (Lipinski definition) is 2. The molecule has 0 bridgehead atoms. The summed E-state index contributed by atoms with van der Waals surface area (Å²) in [5, 5.41) is 17.1. The maximum absolute atomic E-state index is 11.8. The summed E-state index contributed by atoms with van der Waals surface area (Å²) in [5.41, 5.74) is 5.69. The lowest BCUT2D eigenvalue weighted by Crippen LogP contribution is -2.63. The van der Waals surface area contributed by atoms with Gasteiger partial charge in [-0.3, -0.25) is 0 Å². The van der Waals surface area contributed by atoms with Crippen molar-refractivity contribution in [3.8, 4) is 5.69 Å². The molecular weight excluding hydrogens is 488 g/mol. The van der Waals surface area contributed by atoms with Crippen molar-refractivity contribution in [1.29, 1.82) is 0 Å². The van der Waals surface area contributed by atoms with Gasteiger partial charge in [-0.1, -0.05) is 64.5 Å². The third-order valence-corrected chi connectivity index (χ3v) is 13.5. The summed E-state index contributed by atoms with van der Waals surface area (Å²) in [4.78, 5) is 0. The van der Waals surface area contributed by atoms with Crippen molar-refractivity contribution in [2.75, 3.05) is 0 Å². The zero-order chi connectivity index (χ0) is 28.7. The van der Waals surface area contributed by atoms with Crippen molar-refractivity contribution in [1.82, 2.24) is 9.78 Å². The Morgan fingerprint density at radius 2 is 1.68 bits per heavy atom. The van der Waals surface area contributed by atoms with Crippen LogP contribution in [0.25, 0.3) is 5.69 Å². The first-order valence-electron chi connectivity index (χ1n) is 16.2. The van der Waals surface area contributed by atoms with Gasteiger partial charge in [-0.05, 0) is 136 Å². The van der Waals surface area contributed by atoms with Crippen molar-refractivity contribution in [2.24, 2.45) is 39.9 Å². The summed E-state index contributed by atoms with van der Waals surface area (Å²) < 4.78 is 2.14. The molecule has 0 amide bonds. The van der Waals surface area contributed by atoms with Gasteiger partial charge in [0.05, 0.1) is 17.0 Å². The van der Waals surface area contributed by atoms with E-state index < -0.39 is 5.60 Å². The molecule has 40 heavy (non-hydrogen) atoms. The third kappa shape index (κ3) is 3.96. The van der Waals surface area contributed by atoms with Crippen molar-refractivity contribution >= 4 is 0 Å². The lowest BCUT2D eigenvalue weighted by atomic mass is 9.35. The van der Waals surface area contributed by atoms with Gasteiger partial charge in [0.25, 0.3) is 0 Å². The van der Waals surface area contributed by atoms with Gasteiger partial charge in [0.15, 0.2) is 0 Å². The van der Waals surface area contributed by atoms with Gasteiger partial charge < -0.3 is 5.11 Å². The SMILES string of the molecule is CC(C)=CCC[C@](C)(O)[C@H]1CC[C@]2(C)[C@@H]1CC[C@@H]1[C@@]3(C)Cc4cn(-c5ccccc5)nc4C(C)(C)[C@@H]3CC[C@]12C. The summed E-state index contributed by atoms with van der Waals surface area (Å²) in [6, 6.07) is 10.6. The summed E-state index contributed by atoms with van der Waals surface area (Å²) in [7, 11) is 0. The highest BCUT2D eigenvalue weighted by Crippen LogP contribution is 2.75. The second-order valence-electron chi connectivity index (χ2n) is 16.2. The number of allylic oxidation sites excluding steroid dienone is 2. The van der Waals surface area contributed by atoms with Crippen LogP contribution in [-0.2, 0) is 11.8 Å². The quantitative estimate of drug-likeness (QED) is 0.383. The Bertz CT molecular complexity index is 1280. The molecule has 218 valence electrons. The molecule has 3 saturated carbocycles. The van der Waals surface area contributed by atoms with Crippen molar-refractivity contribution in [3.63, 3.8) is 0 Å². The third-order valence-electron chi connectivity index (χ3n) is 13.5. The molecule has 1 N–H and O–H groups in total. The van der Waals surface area contributed by atoms with Gasteiger partial charge in [0.2, 0.25) is 0 Å². The predicted octanol–water partition coefficient (Wildman–Crippen LogP) is 9.07. The van der Waals surface area contributed by atoms with E-state index in [-0.39, 0.29) is 10.8 Å². The Morgan fingerprint density at radius 3 is 2.38 bits per heavy atom. The molecule has 4 aliphatic carbocycles. The average molecular weight is 543 g/mol. The molecule has 1 heterocycles. The number of aromatic nitrogens is 2. The van der Waals surface area contributed by atoms with Crippen LogP contribution in [0, 0.1) is 39.9 Å². The Morgan fingerprint density at radius 1 is 0.975 bits per heavy atom. The number of rotatable bonds is 5. The van der Waals surface area contributed by atoms with Gasteiger partial charge >= 0.3 is 0 Å². The number of nitrogens with zero attached hydrogens (tertiary/aromatic N) is 2. The van der Waals surface area contributed by atoms with Crippen LogP contribution in [-0.4, -0.2) is 20.5 Å². The number of aliphatic hydroxyl groups is 1. The number of hydrogen-bond donors (Lipinski definition) is 1. The molecule has 3 fully saturated rings. The van der Waals surface area contributed by atoms with Crippen LogP contribution in [0.2, 0.25) is 0 Å². The molecule has 0 saturated heterocycles. The molecule has 3 nitrogen and oxygen atoms in total. The molecule has 2 aromatic rings. The molecule has 3 heteroatoms. The molecular formula is C37H54N2O. The summed E-state index contributed by atoms with van der Waals surface area (Å²) in [6.07, 6.45) is 15.3. The molecule has 0 radical (unpaired) electrons. The van der Waals surface area contributed by atoms with E-state index in [1.165, 1.54) is 55.4 Å². The fourth-order valence-electron chi connectivity index (χ4n) is 11.5. The van der Waals surface area contributed by atoms with Gasteiger partial charge in [-0.15, -0.1) is 0 Å². The Balaban J connectivity index is 1.32. The summed E-state index contributed by atoms with van der Waals surface area (Å²) >= 11 is 0. The molecule has 0 aliphatic heterocycles. The molecule has 0 unspecified atom stereocenters. The zero-order valence-electron chi connectivity index (χ0n) is 26.6. The van der Waals surface area contributed by atoms with E-state index in [2.05, 4.69) is 103 Å². The first-order chi connectivity index (χ1) is 18.7. The largest absolute Gasteiger partial charge is 0.390 e. The van der Waals surface area contributed by atoms with Crippen molar-refractivity contribution in [3.05, 3.63) is 59.4 Å². The smallest absolute Gasteiger partial charge is 0.0720 e.